The molecule has 0 saturated heterocycles. The van der Waals surface area contributed by atoms with Gasteiger partial charge in [-0.2, -0.15) is 0 Å². The third-order valence-corrected chi connectivity index (χ3v) is 2.03. The third-order valence-electron chi connectivity index (χ3n) is 2.03. The average Bonchev–Trinajstić information content (AvgIpc) is 2.46. The highest BCUT2D eigenvalue weighted by Gasteiger charge is 1.97. The molecule has 0 amide bonds. The highest BCUT2D eigenvalue weighted by atomic mass is 15.0. The van der Waals surface area contributed by atoms with Crippen molar-refractivity contribution in [1.82, 2.24) is 9.38 Å². The predicted molar refractivity (Wildman–Crippen MR) is 49.3 cm³/mol. The van der Waals surface area contributed by atoms with Gasteiger partial charge in [0.1, 0.15) is 5.65 Å². The van der Waals surface area contributed by atoms with E-state index in [0.29, 0.717) is 0 Å². The fourth-order valence-corrected chi connectivity index (χ4v) is 1.31. The lowest BCUT2D eigenvalue weighted by Crippen LogP contribution is -1.81. The fraction of sp³-hybridized carbons (Fsp3) is 0.300. The van der Waals surface area contributed by atoms with E-state index in [0.717, 1.165) is 17.8 Å². The van der Waals surface area contributed by atoms with Crippen LogP contribution in [0.3, 0.4) is 0 Å². The Labute approximate surface area is 71.9 Å². The Bertz CT molecular complexity index is 401. The van der Waals surface area contributed by atoms with Crippen LogP contribution < -0.4 is 0 Å². The number of aryl methyl sites for hydroxylation is 2. The number of imidazole rings is 1. The molecular formula is C10H12N2. The number of aromatic nitrogens is 2. The molecule has 0 atom stereocenters. The van der Waals surface area contributed by atoms with Crippen LogP contribution in [0.2, 0.25) is 0 Å². The SMILES string of the molecule is CCc1cn2ccc(C)cc2n1. The van der Waals surface area contributed by atoms with Crippen molar-refractivity contribution in [2.75, 3.05) is 0 Å². The van der Waals surface area contributed by atoms with Crippen LogP contribution in [0.1, 0.15) is 18.2 Å². The van der Waals surface area contributed by atoms with Crippen LogP contribution in [-0.4, -0.2) is 9.38 Å². The molecule has 2 aromatic heterocycles. The van der Waals surface area contributed by atoms with Crippen LogP contribution in [0.5, 0.6) is 0 Å². The standard InChI is InChI=1S/C10H12N2/c1-3-9-7-12-5-4-8(2)6-10(12)11-9/h4-7H,3H2,1-2H3. The molecule has 0 spiro atoms. The molecule has 0 radical (unpaired) electrons. The maximum Gasteiger partial charge on any atom is 0.137 e. The van der Waals surface area contributed by atoms with Gasteiger partial charge in [-0.15, -0.1) is 0 Å². The van der Waals surface area contributed by atoms with E-state index in [1.165, 1.54) is 5.56 Å². The molecule has 0 fully saturated rings. The van der Waals surface area contributed by atoms with Crippen molar-refractivity contribution >= 4 is 5.65 Å². The first-order chi connectivity index (χ1) is 5.79. The van der Waals surface area contributed by atoms with E-state index in [2.05, 4.69) is 47.8 Å². The number of rotatable bonds is 1. The summed E-state index contributed by atoms with van der Waals surface area (Å²) >= 11 is 0. The van der Waals surface area contributed by atoms with Crippen molar-refractivity contribution < 1.29 is 0 Å². The van der Waals surface area contributed by atoms with Gasteiger partial charge in [-0.1, -0.05) is 6.92 Å². The molecule has 0 aliphatic rings. The summed E-state index contributed by atoms with van der Waals surface area (Å²) < 4.78 is 2.06. The molecule has 0 saturated carbocycles. The van der Waals surface area contributed by atoms with E-state index < -0.39 is 0 Å². The molecule has 0 aliphatic carbocycles. The molecule has 62 valence electrons. The van der Waals surface area contributed by atoms with Crippen molar-refractivity contribution in [2.45, 2.75) is 20.3 Å². The molecule has 0 unspecified atom stereocenters. The van der Waals surface area contributed by atoms with Crippen molar-refractivity contribution in [3.8, 4) is 0 Å². The highest BCUT2D eigenvalue weighted by Crippen LogP contribution is 2.07. The van der Waals surface area contributed by atoms with Crippen molar-refractivity contribution in [3.05, 3.63) is 35.8 Å². The first-order valence-electron chi connectivity index (χ1n) is 4.24. The number of hydrogen-bond acceptors (Lipinski definition) is 1. The van der Waals surface area contributed by atoms with E-state index in [9.17, 15) is 0 Å². The highest BCUT2D eigenvalue weighted by molar-refractivity contribution is 5.42. The van der Waals surface area contributed by atoms with E-state index in [4.69, 9.17) is 0 Å². The van der Waals surface area contributed by atoms with Gasteiger partial charge >= 0.3 is 0 Å². The van der Waals surface area contributed by atoms with Crippen LogP contribution in [0, 0.1) is 6.92 Å². The van der Waals surface area contributed by atoms with Gasteiger partial charge in [0.15, 0.2) is 0 Å². The van der Waals surface area contributed by atoms with Crippen LogP contribution in [-0.2, 0) is 6.42 Å². The minimum atomic E-state index is 1.00. The molecule has 2 rings (SSSR count). The summed E-state index contributed by atoms with van der Waals surface area (Å²) in [5.74, 6) is 0. The van der Waals surface area contributed by atoms with Gasteiger partial charge in [0.05, 0.1) is 5.69 Å². The van der Waals surface area contributed by atoms with Gasteiger partial charge in [-0.3, -0.25) is 0 Å². The van der Waals surface area contributed by atoms with Crippen molar-refractivity contribution in [2.24, 2.45) is 0 Å². The summed E-state index contributed by atoms with van der Waals surface area (Å²) in [4.78, 5) is 4.46. The number of fused-ring (bicyclic) bond motifs is 1. The Hall–Kier alpha value is -1.31. The molecule has 2 aromatic rings. The average molecular weight is 160 g/mol. The number of hydrogen-bond donors (Lipinski definition) is 0. The Morgan fingerprint density at radius 2 is 2.33 bits per heavy atom. The smallest absolute Gasteiger partial charge is 0.137 e. The zero-order chi connectivity index (χ0) is 8.55. The zero-order valence-electron chi connectivity index (χ0n) is 7.41. The summed E-state index contributed by atoms with van der Waals surface area (Å²) in [6.07, 6.45) is 5.13. The molecule has 0 bridgehead atoms. The lowest BCUT2D eigenvalue weighted by atomic mass is 10.3. The second kappa shape index (κ2) is 2.63. The van der Waals surface area contributed by atoms with Gasteiger partial charge in [0, 0.05) is 12.4 Å². The molecule has 12 heavy (non-hydrogen) atoms. The maximum atomic E-state index is 4.46. The quantitative estimate of drug-likeness (QED) is 0.625. The third kappa shape index (κ3) is 1.09. The predicted octanol–water partition coefficient (Wildman–Crippen LogP) is 2.21. The van der Waals surface area contributed by atoms with E-state index >= 15 is 0 Å². The van der Waals surface area contributed by atoms with Crippen LogP contribution in [0.4, 0.5) is 0 Å². The molecule has 0 aliphatic heterocycles. The Morgan fingerprint density at radius 1 is 1.50 bits per heavy atom. The molecule has 2 nitrogen and oxygen atoms in total. The molecule has 0 aromatic carbocycles. The van der Waals surface area contributed by atoms with Gasteiger partial charge in [-0.25, -0.2) is 4.98 Å². The molecular weight excluding hydrogens is 148 g/mol. The fourth-order valence-electron chi connectivity index (χ4n) is 1.31. The number of pyridine rings is 1. The summed E-state index contributed by atoms with van der Waals surface area (Å²) in [5.41, 5.74) is 3.46. The van der Waals surface area contributed by atoms with Gasteiger partial charge in [-0.05, 0) is 31.0 Å². The van der Waals surface area contributed by atoms with Crippen LogP contribution in [0.25, 0.3) is 5.65 Å². The van der Waals surface area contributed by atoms with E-state index in [-0.39, 0.29) is 0 Å². The summed E-state index contributed by atoms with van der Waals surface area (Å²) in [5, 5.41) is 0. The van der Waals surface area contributed by atoms with Crippen molar-refractivity contribution in [1.29, 1.82) is 0 Å². The summed E-state index contributed by atoms with van der Waals surface area (Å²) in [6, 6.07) is 4.19. The van der Waals surface area contributed by atoms with Gasteiger partial charge in [0.25, 0.3) is 0 Å². The summed E-state index contributed by atoms with van der Waals surface area (Å²) in [6.45, 7) is 4.20. The largest absolute Gasteiger partial charge is 0.307 e. The monoisotopic (exact) mass is 160 g/mol. The Morgan fingerprint density at radius 3 is 3.08 bits per heavy atom. The normalized spacial score (nSPS) is 10.8. The lowest BCUT2D eigenvalue weighted by molar-refractivity contribution is 1.07. The minimum Gasteiger partial charge on any atom is -0.307 e. The van der Waals surface area contributed by atoms with E-state index in [1.54, 1.807) is 0 Å². The first-order valence-corrected chi connectivity index (χ1v) is 4.24. The zero-order valence-corrected chi connectivity index (χ0v) is 7.41. The van der Waals surface area contributed by atoms with Crippen LogP contribution in [0.15, 0.2) is 24.5 Å². The van der Waals surface area contributed by atoms with E-state index in [1.807, 2.05) is 0 Å². The summed E-state index contributed by atoms with van der Waals surface area (Å²) in [7, 11) is 0. The minimum absolute atomic E-state index is 1.00. The second-order valence-electron chi connectivity index (χ2n) is 3.06. The van der Waals surface area contributed by atoms with Gasteiger partial charge < -0.3 is 4.40 Å². The molecule has 2 heteroatoms. The Kier molecular flexibility index (Phi) is 1.61. The first kappa shape index (κ1) is 7.35. The van der Waals surface area contributed by atoms with Crippen molar-refractivity contribution in [3.63, 3.8) is 0 Å². The topological polar surface area (TPSA) is 17.3 Å². The van der Waals surface area contributed by atoms with Gasteiger partial charge in [0.2, 0.25) is 0 Å². The lowest BCUT2D eigenvalue weighted by Gasteiger charge is -1.92. The molecule has 2 heterocycles. The molecule has 0 N–H and O–H groups in total. The number of nitrogens with zero attached hydrogens (tertiary/aromatic N) is 2. The Balaban J connectivity index is 2.67. The maximum absolute atomic E-state index is 4.46. The van der Waals surface area contributed by atoms with Crippen LogP contribution >= 0.6 is 0 Å². The second-order valence-corrected chi connectivity index (χ2v) is 3.06.